The summed E-state index contributed by atoms with van der Waals surface area (Å²) in [5.74, 6) is -3.02. The van der Waals surface area contributed by atoms with Crippen molar-refractivity contribution in [3.8, 4) is 5.75 Å². The molecule has 4 rings (SSSR count). The van der Waals surface area contributed by atoms with Crippen LogP contribution in [0, 0.1) is 11.6 Å². The average Bonchev–Trinajstić information content (AvgIpc) is 2.96. The summed E-state index contributed by atoms with van der Waals surface area (Å²) < 4.78 is 37.5. The van der Waals surface area contributed by atoms with Crippen molar-refractivity contribution in [1.29, 1.82) is 0 Å². The van der Waals surface area contributed by atoms with Crippen molar-refractivity contribution in [3.05, 3.63) is 65.4 Å². The van der Waals surface area contributed by atoms with Crippen LogP contribution in [0.5, 0.6) is 5.75 Å². The Hall–Kier alpha value is -3.22. The van der Waals surface area contributed by atoms with Gasteiger partial charge in [-0.1, -0.05) is 12.1 Å². The molecule has 0 saturated heterocycles. The van der Waals surface area contributed by atoms with Crippen molar-refractivity contribution in [2.75, 3.05) is 11.9 Å². The van der Waals surface area contributed by atoms with Crippen LogP contribution in [0.2, 0.25) is 0 Å². The summed E-state index contributed by atoms with van der Waals surface area (Å²) in [6.07, 6.45) is 1.24. The van der Waals surface area contributed by atoms with E-state index in [-0.39, 0.29) is 18.1 Å². The molecule has 1 atom stereocenters. The van der Waals surface area contributed by atoms with Gasteiger partial charge >= 0.3 is 5.97 Å². The Labute approximate surface area is 140 Å². The third kappa shape index (κ3) is 2.63. The summed E-state index contributed by atoms with van der Waals surface area (Å²) in [6, 6.07) is 7.97. The highest BCUT2D eigenvalue weighted by Crippen LogP contribution is 2.41. The van der Waals surface area contributed by atoms with Crippen molar-refractivity contribution in [2.24, 2.45) is 0 Å². The number of benzene rings is 2. The number of carbonyl (C=O) groups excluding carboxylic acids is 2. The maximum atomic E-state index is 14.1. The molecule has 2 aliphatic heterocycles. The Morgan fingerprint density at radius 2 is 1.92 bits per heavy atom. The number of amides is 1. The summed E-state index contributed by atoms with van der Waals surface area (Å²) in [4.78, 5) is 23.6. The first-order valence-electron chi connectivity index (χ1n) is 7.45. The van der Waals surface area contributed by atoms with Gasteiger partial charge in [-0.2, -0.15) is 0 Å². The molecule has 2 aliphatic rings. The van der Waals surface area contributed by atoms with Crippen LogP contribution >= 0.6 is 0 Å². The van der Waals surface area contributed by atoms with Gasteiger partial charge in [0, 0.05) is 17.2 Å². The van der Waals surface area contributed by atoms with E-state index < -0.39 is 23.5 Å². The van der Waals surface area contributed by atoms with Crippen LogP contribution in [0.3, 0.4) is 0 Å². The van der Waals surface area contributed by atoms with Crippen LogP contribution in [0.25, 0.3) is 5.57 Å². The lowest BCUT2D eigenvalue weighted by Crippen LogP contribution is -2.25. The summed E-state index contributed by atoms with van der Waals surface area (Å²) in [6.45, 7) is -0.0694. The molecule has 0 spiro atoms. The molecule has 0 radical (unpaired) electrons. The minimum Gasteiger partial charge on any atom is -0.482 e. The Morgan fingerprint density at radius 1 is 1.08 bits per heavy atom. The van der Waals surface area contributed by atoms with Crippen molar-refractivity contribution < 1.29 is 27.8 Å². The quantitative estimate of drug-likeness (QED) is 0.852. The normalized spacial score (nSPS) is 18.8. The van der Waals surface area contributed by atoms with Crippen LogP contribution in [0.4, 0.5) is 14.5 Å². The van der Waals surface area contributed by atoms with E-state index in [2.05, 4.69) is 5.32 Å². The fourth-order valence-electron chi connectivity index (χ4n) is 2.91. The highest BCUT2D eigenvalue weighted by atomic mass is 19.1. The lowest BCUT2D eigenvalue weighted by Gasteiger charge is -2.19. The molecular weight excluding hydrogens is 332 g/mol. The number of hydrogen-bond donors (Lipinski definition) is 1. The molecule has 0 aliphatic carbocycles. The summed E-state index contributed by atoms with van der Waals surface area (Å²) in [7, 11) is 0. The fourth-order valence-corrected chi connectivity index (χ4v) is 2.91. The third-order valence-electron chi connectivity index (χ3n) is 4.07. The van der Waals surface area contributed by atoms with Crippen LogP contribution < -0.4 is 10.1 Å². The second-order valence-corrected chi connectivity index (χ2v) is 5.66. The van der Waals surface area contributed by atoms with E-state index in [1.807, 2.05) is 0 Å². The number of cyclic esters (lactones) is 1. The van der Waals surface area contributed by atoms with Gasteiger partial charge < -0.3 is 14.8 Å². The first-order chi connectivity index (χ1) is 12.0. The van der Waals surface area contributed by atoms with Gasteiger partial charge in [0.2, 0.25) is 0 Å². The number of anilines is 1. The Kier molecular flexibility index (Phi) is 3.49. The zero-order valence-corrected chi connectivity index (χ0v) is 12.7. The van der Waals surface area contributed by atoms with Gasteiger partial charge in [-0.15, -0.1) is 0 Å². The summed E-state index contributed by atoms with van der Waals surface area (Å²) in [5, 5.41) is 2.67. The SMILES string of the molecule is O=C1COc2ccc(C3=COC(=O)C3c3ccc(F)cc3F)cc2N1. The molecular formula is C18H11F2NO4. The molecule has 1 amide bonds. The van der Waals surface area contributed by atoms with Gasteiger partial charge in [0.25, 0.3) is 5.91 Å². The molecule has 0 fully saturated rings. The summed E-state index contributed by atoms with van der Waals surface area (Å²) in [5.41, 5.74) is 1.45. The molecule has 1 N–H and O–H groups in total. The topological polar surface area (TPSA) is 64.6 Å². The fraction of sp³-hybridized carbons (Fsp3) is 0.111. The summed E-state index contributed by atoms with van der Waals surface area (Å²) >= 11 is 0. The molecule has 5 nitrogen and oxygen atoms in total. The van der Waals surface area contributed by atoms with Gasteiger partial charge in [0.05, 0.1) is 11.9 Å². The second-order valence-electron chi connectivity index (χ2n) is 5.66. The number of fused-ring (bicyclic) bond motifs is 1. The van der Waals surface area contributed by atoms with Crippen molar-refractivity contribution in [2.45, 2.75) is 5.92 Å². The van der Waals surface area contributed by atoms with Crippen LogP contribution in [-0.2, 0) is 14.3 Å². The molecule has 7 heteroatoms. The van der Waals surface area contributed by atoms with E-state index in [0.717, 1.165) is 12.1 Å². The largest absolute Gasteiger partial charge is 0.482 e. The number of halogens is 2. The molecule has 2 aromatic carbocycles. The van der Waals surface area contributed by atoms with E-state index in [9.17, 15) is 18.4 Å². The zero-order chi connectivity index (χ0) is 17.6. The maximum absolute atomic E-state index is 14.1. The second kappa shape index (κ2) is 5.70. The van der Waals surface area contributed by atoms with Crippen molar-refractivity contribution in [3.63, 3.8) is 0 Å². The first-order valence-corrected chi connectivity index (χ1v) is 7.45. The van der Waals surface area contributed by atoms with Crippen LogP contribution in [-0.4, -0.2) is 18.5 Å². The molecule has 126 valence electrons. The van der Waals surface area contributed by atoms with Crippen LogP contribution in [0.1, 0.15) is 17.0 Å². The molecule has 2 heterocycles. The monoisotopic (exact) mass is 343 g/mol. The average molecular weight is 343 g/mol. The number of hydrogen-bond acceptors (Lipinski definition) is 4. The van der Waals surface area contributed by atoms with Gasteiger partial charge in [0.15, 0.2) is 6.61 Å². The molecule has 25 heavy (non-hydrogen) atoms. The Morgan fingerprint density at radius 3 is 2.72 bits per heavy atom. The predicted molar refractivity (Wildman–Crippen MR) is 83.7 cm³/mol. The van der Waals surface area contributed by atoms with Crippen molar-refractivity contribution >= 4 is 23.1 Å². The number of carbonyl (C=O) groups is 2. The van der Waals surface area contributed by atoms with E-state index >= 15 is 0 Å². The van der Waals surface area contributed by atoms with E-state index in [1.54, 1.807) is 18.2 Å². The lowest BCUT2D eigenvalue weighted by atomic mass is 9.88. The van der Waals surface area contributed by atoms with Gasteiger partial charge in [0.1, 0.15) is 23.3 Å². The smallest absolute Gasteiger partial charge is 0.322 e. The van der Waals surface area contributed by atoms with Crippen molar-refractivity contribution in [1.82, 2.24) is 0 Å². The van der Waals surface area contributed by atoms with E-state index in [0.29, 0.717) is 22.6 Å². The molecule has 0 bridgehead atoms. The van der Waals surface area contributed by atoms with E-state index in [4.69, 9.17) is 9.47 Å². The molecule has 0 aromatic heterocycles. The standard InChI is InChI=1S/C18H11F2NO4/c19-10-2-3-11(13(20)6-10)17-12(7-25-18(17)23)9-1-4-15-14(5-9)21-16(22)8-24-15/h1-7,17H,8H2,(H,21,22). The van der Waals surface area contributed by atoms with Gasteiger partial charge in [-0.05, 0) is 23.8 Å². The minimum absolute atomic E-state index is 0.0214. The highest BCUT2D eigenvalue weighted by molar-refractivity contribution is 6.00. The zero-order valence-electron chi connectivity index (χ0n) is 12.7. The van der Waals surface area contributed by atoms with Crippen LogP contribution in [0.15, 0.2) is 42.7 Å². The minimum atomic E-state index is -1.01. The number of nitrogens with one attached hydrogen (secondary N) is 1. The highest BCUT2D eigenvalue weighted by Gasteiger charge is 2.35. The maximum Gasteiger partial charge on any atom is 0.322 e. The molecule has 0 saturated carbocycles. The Balaban J connectivity index is 1.75. The lowest BCUT2D eigenvalue weighted by molar-refractivity contribution is -0.136. The number of rotatable bonds is 2. The Bertz CT molecular complexity index is 939. The molecule has 1 unspecified atom stereocenters. The number of ether oxygens (including phenoxy) is 2. The van der Waals surface area contributed by atoms with Gasteiger partial charge in [-0.25, -0.2) is 8.78 Å². The first kappa shape index (κ1) is 15.3. The number of esters is 1. The van der Waals surface area contributed by atoms with E-state index in [1.165, 1.54) is 12.3 Å². The van der Waals surface area contributed by atoms with Gasteiger partial charge in [-0.3, -0.25) is 9.59 Å². The third-order valence-corrected chi connectivity index (χ3v) is 4.07. The molecule has 2 aromatic rings. The predicted octanol–water partition coefficient (Wildman–Crippen LogP) is 2.98.